The first kappa shape index (κ1) is 31.3. The number of phenolic OH excluding ortho intramolecular Hbond substituents is 2. The molecule has 224 valence electrons. The molecule has 0 saturated carbocycles. The van der Waals surface area contributed by atoms with Crippen molar-refractivity contribution >= 4 is 46.6 Å². The third-order valence-corrected chi connectivity index (χ3v) is 6.00. The average Bonchev–Trinajstić information content (AvgIpc) is 2.94. The number of ketones is 2. The SMILES string of the molecule is NC(=O)CNC(=O)CNCCNc1ccc(NCCNCC(=O)NCC(N)=O)c2c1C(=O)c1c(O)ccc(O)c1C2=O. The van der Waals surface area contributed by atoms with Crippen LogP contribution in [0.2, 0.25) is 0 Å². The highest BCUT2D eigenvalue weighted by Gasteiger charge is 2.37. The van der Waals surface area contributed by atoms with Crippen LogP contribution in [-0.2, 0) is 19.2 Å². The number of rotatable bonds is 16. The standard InChI is InChI=1S/C26H32N8O8/c27-17(37)9-33-19(39)11-29-5-7-31-13-1-2-14(32-8-6-30-12-20(40)34-10-18(28)38)22-21(13)25(41)23-15(35)3-4-16(36)24(23)26(22)42/h1-4,29-32,35-36H,5-12H2,(H2,27,37)(H2,28,38)(H,33,39)(H,34,40). The van der Waals surface area contributed by atoms with Gasteiger partial charge in [0.15, 0.2) is 0 Å². The van der Waals surface area contributed by atoms with E-state index in [-0.39, 0.29) is 86.0 Å². The second kappa shape index (κ2) is 14.4. The minimum Gasteiger partial charge on any atom is -0.507 e. The maximum Gasteiger partial charge on any atom is 0.236 e. The van der Waals surface area contributed by atoms with E-state index in [1.165, 1.54) is 0 Å². The molecule has 0 saturated heterocycles. The Bertz CT molecular complexity index is 1310. The molecule has 16 heteroatoms. The predicted molar refractivity (Wildman–Crippen MR) is 150 cm³/mol. The molecule has 2 aromatic rings. The van der Waals surface area contributed by atoms with Crippen LogP contribution in [-0.4, -0.2) is 97.8 Å². The summed E-state index contributed by atoms with van der Waals surface area (Å²) in [5.74, 6) is -4.49. The van der Waals surface area contributed by atoms with Crippen LogP contribution in [0.5, 0.6) is 11.5 Å². The summed E-state index contributed by atoms with van der Waals surface area (Å²) in [6.07, 6.45) is 0. The number of hydrogen-bond acceptors (Lipinski definition) is 12. The average molecular weight is 585 g/mol. The van der Waals surface area contributed by atoms with E-state index in [1.54, 1.807) is 12.1 Å². The Balaban J connectivity index is 1.73. The molecule has 0 bridgehead atoms. The van der Waals surface area contributed by atoms with Crippen molar-refractivity contribution in [2.45, 2.75) is 0 Å². The van der Waals surface area contributed by atoms with E-state index in [2.05, 4.69) is 31.9 Å². The number of benzene rings is 2. The van der Waals surface area contributed by atoms with Crippen LogP contribution in [0.3, 0.4) is 0 Å². The second-order valence-corrected chi connectivity index (χ2v) is 9.12. The molecule has 0 heterocycles. The van der Waals surface area contributed by atoms with Crippen molar-refractivity contribution in [1.82, 2.24) is 21.3 Å². The number of amides is 4. The molecule has 0 aliphatic heterocycles. The Morgan fingerprint density at radius 3 is 1.31 bits per heavy atom. The molecule has 0 unspecified atom stereocenters. The first-order chi connectivity index (χ1) is 20.0. The summed E-state index contributed by atoms with van der Waals surface area (Å²) in [6.45, 7) is 0.240. The summed E-state index contributed by atoms with van der Waals surface area (Å²) in [6, 6.07) is 5.39. The van der Waals surface area contributed by atoms with Crippen molar-refractivity contribution < 1.29 is 39.0 Å². The molecule has 0 radical (unpaired) electrons. The molecular formula is C26H32N8O8. The number of phenols is 2. The molecular weight excluding hydrogens is 552 g/mol. The van der Waals surface area contributed by atoms with E-state index in [0.717, 1.165) is 12.1 Å². The third kappa shape index (κ3) is 7.92. The van der Waals surface area contributed by atoms with Crippen LogP contribution in [0.15, 0.2) is 24.3 Å². The number of carbonyl (C=O) groups is 6. The summed E-state index contributed by atoms with van der Waals surface area (Å²) < 4.78 is 0. The monoisotopic (exact) mass is 584 g/mol. The van der Waals surface area contributed by atoms with Gasteiger partial charge in [-0.2, -0.15) is 0 Å². The molecule has 4 amide bonds. The van der Waals surface area contributed by atoms with Gasteiger partial charge in [0, 0.05) is 37.6 Å². The highest BCUT2D eigenvalue weighted by molar-refractivity contribution is 6.33. The number of aromatic hydroxyl groups is 2. The molecule has 3 rings (SSSR count). The van der Waals surface area contributed by atoms with E-state index in [9.17, 15) is 39.0 Å². The Hall–Kier alpha value is -5.22. The first-order valence-corrected chi connectivity index (χ1v) is 12.8. The molecule has 1 aliphatic carbocycles. The van der Waals surface area contributed by atoms with Crippen molar-refractivity contribution in [3.63, 3.8) is 0 Å². The van der Waals surface area contributed by atoms with Gasteiger partial charge in [-0.05, 0) is 24.3 Å². The fourth-order valence-corrected chi connectivity index (χ4v) is 4.13. The smallest absolute Gasteiger partial charge is 0.236 e. The fourth-order valence-electron chi connectivity index (χ4n) is 4.13. The van der Waals surface area contributed by atoms with E-state index < -0.39 is 46.7 Å². The van der Waals surface area contributed by atoms with E-state index >= 15 is 0 Å². The summed E-state index contributed by atoms with van der Waals surface area (Å²) in [4.78, 5) is 72.1. The highest BCUT2D eigenvalue weighted by atomic mass is 16.3. The normalized spacial score (nSPS) is 11.7. The number of fused-ring (bicyclic) bond motifs is 2. The highest BCUT2D eigenvalue weighted by Crippen LogP contribution is 2.42. The number of anilines is 2. The minimum atomic E-state index is -0.679. The molecule has 0 aromatic heterocycles. The molecule has 1 aliphatic rings. The van der Waals surface area contributed by atoms with E-state index in [0.29, 0.717) is 0 Å². The van der Waals surface area contributed by atoms with Crippen molar-refractivity contribution in [3.8, 4) is 11.5 Å². The van der Waals surface area contributed by atoms with Crippen molar-refractivity contribution in [2.24, 2.45) is 11.5 Å². The lowest BCUT2D eigenvalue weighted by molar-refractivity contribution is -0.124. The quantitative estimate of drug-likeness (QED) is 0.0599. The van der Waals surface area contributed by atoms with E-state index in [1.807, 2.05) is 0 Å². The molecule has 2 aromatic carbocycles. The van der Waals surface area contributed by atoms with Gasteiger partial charge < -0.3 is 53.6 Å². The van der Waals surface area contributed by atoms with Crippen LogP contribution in [0, 0.1) is 0 Å². The molecule has 0 atom stereocenters. The van der Waals surface area contributed by atoms with Crippen molar-refractivity contribution in [2.75, 3.05) is 63.0 Å². The third-order valence-electron chi connectivity index (χ3n) is 6.00. The maximum atomic E-state index is 13.6. The van der Waals surface area contributed by atoms with Crippen LogP contribution in [0.25, 0.3) is 0 Å². The Labute approximate surface area is 239 Å². The van der Waals surface area contributed by atoms with Gasteiger partial charge in [-0.1, -0.05) is 0 Å². The fraction of sp³-hybridized carbons (Fsp3) is 0.308. The Kier molecular flexibility index (Phi) is 10.8. The number of hydrogen-bond donors (Lipinski definition) is 10. The van der Waals surface area contributed by atoms with Crippen LogP contribution < -0.4 is 43.4 Å². The van der Waals surface area contributed by atoms with Gasteiger partial charge in [0.2, 0.25) is 35.2 Å². The van der Waals surface area contributed by atoms with Gasteiger partial charge in [0.25, 0.3) is 0 Å². The first-order valence-electron chi connectivity index (χ1n) is 12.8. The van der Waals surface area contributed by atoms with Gasteiger partial charge in [0.1, 0.15) is 11.5 Å². The van der Waals surface area contributed by atoms with Gasteiger partial charge in [-0.25, -0.2) is 0 Å². The molecule has 0 fully saturated rings. The topological polar surface area (TPSA) is 267 Å². The van der Waals surface area contributed by atoms with Gasteiger partial charge in [-0.15, -0.1) is 0 Å². The molecule has 0 spiro atoms. The van der Waals surface area contributed by atoms with Crippen LogP contribution in [0.4, 0.5) is 11.4 Å². The van der Waals surface area contributed by atoms with Crippen molar-refractivity contribution in [3.05, 3.63) is 46.5 Å². The largest absolute Gasteiger partial charge is 0.507 e. The molecule has 42 heavy (non-hydrogen) atoms. The zero-order chi connectivity index (χ0) is 30.8. The lowest BCUT2D eigenvalue weighted by Gasteiger charge is -2.25. The zero-order valence-corrected chi connectivity index (χ0v) is 22.5. The Morgan fingerprint density at radius 2 is 0.952 bits per heavy atom. The second-order valence-electron chi connectivity index (χ2n) is 9.12. The number of carbonyl (C=O) groups excluding carboxylic acids is 6. The Morgan fingerprint density at radius 1 is 0.571 bits per heavy atom. The summed E-state index contributed by atoms with van der Waals surface area (Å²) in [5, 5.41) is 37.3. The summed E-state index contributed by atoms with van der Waals surface area (Å²) in [7, 11) is 0. The van der Waals surface area contributed by atoms with Crippen LogP contribution >= 0.6 is 0 Å². The number of nitrogens with two attached hydrogens (primary N) is 2. The maximum absolute atomic E-state index is 13.6. The number of nitrogens with one attached hydrogen (secondary N) is 6. The minimum absolute atomic E-state index is 0.0172. The van der Waals surface area contributed by atoms with Crippen molar-refractivity contribution in [1.29, 1.82) is 0 Å². The predicted octanol–water partition coefficient (Wildman–Crippen LogP) is -2.92. The molecule has 16 nitrogen and oxygen atoms in total. The number of primary amides is 2. The van der Waals surface area contributed by atoms with Gasteiger partial charge in [-0.3, -0.25) is 28.8 Å². The summed E-state index contributed by atoms with van der Waals surface area (Å²) >= 11 is 0. The lowest BCUT2D eigenvalue weighted by atomic mass is 9.81. The summed E-state index contributed by atoms with van der Waals surface area (Å²) in [5.41, 5.74) is 9.87. The van der Waals surface area contributed by atoms with Gasteiger partial charge >= 0.3 is 0 Å². The van der Waals surface area contributed by atoms with Crippen LogP contribution in [0.1, 0.15) is 31.8 Å². The molecule has 12 N–H and O–H groups in total. The lowest BCUT2D eigenvalue weighted by Crippen LogP contribution is -2.39. The van der Waals surface area contributed by atoms with E-state index in [4.69, 9.17) is 11.5 Å². The van der Waals surface area contributed by atoms with Gasteiger partial charge in [0.05, 0.1) is 48.4 Å². The zero-order valence-electron chi connectivity index (χ0n) is 22.5.